The maximum absolute atomic E-state index is 6.19. The van der Waals surface area contributed by atoms with Crippen molar-refractivity contribution in [1.29, 1.82) is 0 Å². The lowest BCUT2D eigenvalue weighted by atomic mass is 9.98. The lowest BCUT2D eigenvalue weighted by Crippen LogP contribution is -2.24. The van der Waals surface area contributed by atoms with E-state index in [9.17, 15) is 0 Å². The summed E-state index contributed by atoms with van der Waals surface area (Å²) in [4.78, 5) is 5.34. The van der Waals surface area contributed by atoms with Crippen molar-refractivity contribution in [3.05, 3.63) is 33.8 Å². The van der Waals surface area contributed by atoms with Crippen LogP contribution in [-0.4, -0.2) is 18.6 Å². The summed E-state index contributed by atoms with van der Waals surface area (Å²) in [5.41, 5.74) is 1.48. The van der Waals surface area contributed by atoms with Crippen LogP contribution >= 0.6 is 23.2 Å². The maximum Gasteiger partial charge on any atom is 0.235 e. The standard InChI is InChI=1S/C14H17Cl2NO2/c1-3-4-8-18-14-9(2)13(17-19-14)12-10(15)6-5-7-11(12)16/h5-7,9,14H,3-4,8H2,1-2H3. The van der Waals surface area contributed by atoms with Gasteiger partial charge < -0.3 is 9.57 Å². The third-order valence-electron chi connectivity index (χ3n) is 3.09. The highest BCUT2D eigenvalue weighted by Gasteiger charge is 2.33. The topological polar surface area (TPSA) is 30.8 Å². The van der Waals surface area contributed by atoms with Gasteiger partial charge in [-0.25, -0.2) is 0 Å². The molecule has 0 radical (unpaired) electrons. The molecule has 1 aliphatic heterocycles. The van der Waals surface area contributed by atoms with Crippen molar-refractivity contribution in [2.24, 2.45) is 11.1 Å². The highest BCUT2D eigenvalue weighted by Crippen LogP contribution is 2.32. The number of unbranched alkanes of at least 4 members (excludes halogenated alkanes) is 1. The van der Waals surface area contributed by atoms with Crippen molar-refractivity contribution in [2.45, 2.75) is 33.0 Å². The Labute approximate surface area is 123 Å². The average Bonchev–Trinajstić information content (AvgIpc) is 2.72. The van der Waals surface area contributed by atoms with E-state index in [1.165, 1.54) is 0 Å². The lowest BCUT2D eigenvalue weighted by Gasteiger charge is -2.16. The Kier molecular flexibility index (Phi) is 5.08. The third kappa shape index (κ3) is 3.22. The zero-order chi connectivity index (χ0) is 13.8. The lowest BCUT2D eigenvalue weighted by molar-refractivity contribution is -0.142. The predicted octanol–water partition coefficient (Wildman–Crippen LogP) is 4.51. The molecule has 0 amide bonds. The van der Waals surface area contributed by atoms with Gasteiger partial charge in [0.1, 0.15) is 0 Å². The van der Waals surface area contributed by atoms with Crippen LogP contribution in [0.5, 0.6) is 0 Å². The van der Waals surface area contributed by atoms with Gasteiger partial charge in [-0.05, 0) is 18.6 Å². The van der Waals surface area contributed by atoms with E-state index in [-0.39, 0.29) is 12.2 Å². The van der Waals surface area contributed by atoms with Gasteiger partial charge in [0.25, 0.3) is 0 Å². The molecule has 19 heavy (non-hydrogen) atoms. The van der Waals surface area contributed by atoms with Gasteiger partial charge in [-0.3, -0.25) is 0 Å². The summed E-state index contributed by atoms with van der Waals surface area (Å²) in [6.45, 7) is 4.79. The van der Waals surface area contributed by atoms with Crippen LogP contribution in [0.1, 0.15) is 32.3 Å². The van der Waals surface area contributed by atoms with Crippen LogP contribution in [0.3, 0.4) is 0 Å². The van der Waals surface area contributed by atoms with Crippen molar-refractivity contribution in [3.8, 4) is 0 Å². The Morgan fingerprint density at radius 2 is 2.00 bits per heavy atom. The number of benzene rings is 1. The number of nitrogens with zero attached hydrogens (tertiary/aromatic N) is 1. The largest absolute Gasteiger partial charge is 0.363 e. The zero-order valence-electron chi connectivity index (χ0n) is 11.0. The Balaban J connectivity index is 2.11. The number of rotatable bonds is 5. The number of hydrogen-bond donors (Lipinski definition) is 0. The van der Waals surface area contributed by atoms with Crippen molar-refractivity contribution >= 4 is 28.9 Å². The van der Waals surface area contributed by atoms with Gasteiger partial charge in [0.15, 0.2) is 0 Å². The molecule has 1 aliphatic rings. The third-order valence-corrected chi connectivity index (χ3v) is 3.72. The van der Waals surface area contributed by atoms with E-state index in [0.717, 1.165) is 24.1 Å². The Hall–Kier alpha value is -0.770. The molecule has 0 N–H and O–H groups in total. The van der Waals surface area contributed by atoms with E-state index in [0.29, 0.717) is 16.7 Å². The summed E-state index contributed by atoms with van der Waals surface area (Å²) in [5, 5.41) is 5.25. The van der Waals surface area contributed by atoms with Gasteiger partial charge in [-0.2, -0.15) is 0 Å². The Morgan fingerprint density at radius 3 is 2.63 bits per heavy atom. The first-order valence-electron chi connectivity index (χ1n) is 6.44. The van der Waals surface area contributed by atoms with Crippen molar-refractivity contribution in [2.75, 3.05) is 6.61 Å². The number of halogens is 2. The Morgan fingerprint density at radius 1 is 1.32 bits per heavy atom. The summed E-state index contributed by atoms with van der Waals surface area (Å²) < 4.78 is 5.66. The smallest absolute Gasteiger partial charge is 0.235 e. The molecular formula is C14H17Cl2NO2. The molecule has 1 aromatic rings. The fourth-order valence-electron chi connectivity index (χ4n) is 1.95. The molecule has 5 heteroatoms. The molecule has 0 aliphatic carbocycles. The summed E-state index contributed by atoms with van der Waals surface area (Å²) in [6, 6.07) is 5.40. The summed E-state index contributed by atoms with van der Waals surface area (Å²) >= 11 is 12.4. The molecule has 0 saturated heterocycles. The first-order valence-corrected chi connectivity index (χ1v) is 7.20. The van der Waals surface area contributed by atoms with Gasteiger partial charge in [0.2, 0.25) is 6.29 Å². The second kappa shape index (κ2) is 6.60. The van der Waals surface area contributed by atoms with Crippen LogP contribution in [-0.2, 0) is 9.57 Å². The monoisotopic (exact) mass is 301 g/mol. The van der Waals surface area contributed by atoms with Gasteiger partial charge in [-0.15, -0.1) is 0 Å². The van der Waals surface area contributed by atoms with Crippen molar-refractivity contribution < 1.29 is 9.57 Å². The van der Waals surface area contributed by atoms with E-state index >= 15 is 0 Å². The molecule has 2 rings (SSSR count). The van der Waals surface area contributed by atoms with E-state index in [4.69, 9.17) is 32.8 Å². The molecule has 3 nitrogen and oxygen atoms in total. The van der Waals surface area contributed by atoms with Crippen LogP contribution < -0.4 is 0 Å². The first-order chi connectivity index (χ1) is 9.15. The molecule has 0 spiro atoms. The van der Waals surface area contributed by atoms with E-state index < -0.39 is 0 Å². The molecule has 0 saturated carbocycles. The first kappa shape index (κ1) is 14.6. The van der Waals surface area contributed by atoms with Gasteiger partial charge >= 0.3 is 0 Å². The van der Waals surface area contributed by atoms with Crippen LogP contribution in [0.4, 0.5) is 0 Å². The molecule has 1 heterocycles. The highest BCUT2D eigenvalue weighted by atomic mass is 35.5. The maximum atomic E-state index is 6.19. The molecule has 0 aromatic heterocycles. The van der Waals surface area contributed by atoms with Crippen LogP contribution in [0.2, 0.25) is 10.0 Å². The van der Waals surface area contributed by atoms with E-state index in [1.54, 1.807) is 12.1 Å². The number of hydrogen-bond acceptors (Lipinski definition) is 3. The fourth-order valence-corrected chi connectivity index (χ4v) is 2.54. The predicted molar refractivity (Wildman–Crippen MR) is 77.9 cm³/mol. The fraction of sp³-hybridized carbons (Fsp3) is 0.500. The molecule has 104 valence electrons. The van der Waals surface area contributed by atoms with Crippen LogP contribution in [0.25, 0.3) is 0 Å². The highest BCUT2D eigenvalue weighted by molar-refractivity contribution is 6.40. The summed E-state index contributed by atoms with van der Waals surface area (Å²) in [5.74, 6) is 0.00857. The van der Waals surface area contributed by atoms with Crippen LogP contribution in [0, 0.1) is 5.92 Å². The molecule has 2 unspecified atom stereocenters. The zero-order valence-corrected chi connectivity index (χ0v) is 12.5. The van der Waals surface area contributed by atoms with Gasteiger partial charge in [0.05, 0.1) is 28.3 Å². The van der Waals surface area contributed by atoms with Crippen molar-refractivity contribution in [3.63, 3.8) is 0 Å². The molecule has 0 fully saturated rings. The normalized spacial score (nSPS) is 22.2. The quantitative estimate of drug-likeness (QED) is 0.749. The van der Waals surface area contributed by atoms with E-state index in [1.807, 2.05) is 13.0 Å². The van der Waals surface area contributed by atoms with Gasteiger partial charge in [0, 0.05) is 5.56 Å². The Bertz CT molecular complexity index is 456. The summed E-state index contributed by atoms with van der Waals surface area (Å²) in [6.07, 6.45) is 1.74. The second-order valence-corrected chi connectivity index (χ2v) is 5.37. The second-order valence-electron chi connectivity index (χ2n) is 4.56. The molecular weight excluding hydrogens is 285 g/mol. The molecule has 1 aromatic carbocycles. The van der Waals surface area contributed by atoms with Gasteiger partial charge in [-0.1, -0.05) is 54.7 Å². The number of ether oxygens (including phenoxy) is 1. The summed E-state index contributed by atoms with van der Waals surface area (Å²) in [7, 11) is 0. The van der Waals surface area contributed by atoms with Crippen molar-refractivity contribution in [1.82, 2.24) is 0 Å². The van der Waals surface area contributed by atoms with Crippen LogP contribution in [0.15, 0.2) is 23.4 Å². The minimum Gasteiger partial charge on any atom is -0.363 e. The molecule has 0 bridgehead atoms. The average molecular weight is 302 g/mol. The number of oxime groups is 1. The SMILES string of the molecule is CCCCOC1ON=C(c2c(Cl)cccc2Cl)C1C. The minimum absolute atomic E-state index is 0.00857. The minimum atomic E-state index is -0.353. The van der Waals surface area contributed by atoms with E-state index in [2.05, 4.69) is 12.1 Å². The molecule has 2 atom stereocenters.